The number of hydrogen-bond donors (Lipinski definition) is 1. The fourth-order valence-electron chi connectivity index (χ4n) is 1.94. The summed E-state index contributed by atoms with van der Waals surface area (Å²) >= 11 is 1.53. The SMILES string of the molecule is Cc1ccc(OCc2ccc(C(=O)NC3=NCCS3)o2)cc1. The number of carbonyl (C=O) groups excluding carboxylic acids is 1. The molecular formula is C16H16N2O3S. The summed E-state index contributed by atoms with van der Waals surface area (Å²) in [5.41, 5.74) is 1.18. The Hall–Kier alpha value is -2.21. The predicted molar refractivity (Wildman–Crippen MR) is 86.4 cm³/mol. The van der Waals surface area contributed by atoms with Gasteiger partial charge in [0, 0.05) is 5.75 Å². The van der Waals surface area contributed by atoms with Crippen LogP contribution in [0.15, 0.2) is 45.8 Å². The Labute approximate surface area is 132 Å². The number of benzene rings is 1. The molecule has 1 amide bonds. The summed E-state index contributed by atoms with van der Waals surface area (Å²) in [6.45, 7) is 3.05. The average Bonchev–Trinajstić information content (AvgIpc) is 3.18. The lowest BCUT2D eigenvalue weighted by atomic mass is 10.2. The normalized spacial score (nSPS) is 13.8. The van der Waals surface area contributed by atoms with Crippen molar-refractivity contribution in [2.75, 3.05) is 12.3 Å². The van der Waals surface area contributed by atoms with Crippen LogP contribution in [0.25, 0.3) is 0 Å². The molecule has 2 heterocycles. The average molecular weight is 316 g/mol. The van der Waals surface area contributed by atoms with Gasteiger partial charge in [-0.2, -0.15) is 0 Å². The molecule has 0 aliphatic carbocycles. The van der Waals surface area contributed by atoms with Crippen molar-refractivity contribution in [1.82, 2.24) is 5.32 Å². The number of amidine groups is 1. The summed E-state index contributed by atoms with van der Waals surface area (Å²) in [5.74, 6) is 2.26. The van der Waals surface area contributed by atoms with Gasteiger partial charge in [0.15, 0.2) is 10.9 Å². The number of thioether (sulfide) groups is 1. The minimum absolute atomic E-state index is 0.262. The van der Waals surface area contributed by atoms with Crippen LogP contribution in [0.5, 0.6) is 5.75 Å². The summed E-state index contributed by atoms with van der Waals surface area (Å²) in [6, 6.07) is 11.2. The summed E-state index contributed by atoms with van der Waals surface area (Å²) in [7, 11) is 0. The van der Waals surface area contributed by atoms with Crippen molar-refractivity contribution in [2.45, 2.75) is 13.5 Å². The number of ether oxygens (including phenoxy) is 1. The number of amides is 1. The number of carbonyl (C=O) groups is 1. The van der Waals surface area contributed by atoms with Crippen LogP contribution in [0.2, 0.25) is 0 Å². The van der Waals surface area contributed by atoms with Gasteiger partial charge in [-0.05, 0) is 31.2 Å². The highest BCUT2D eigenvalue weighted by molar-refractivity contribution is 8.14. The molecule has 1 aromatic carbocycles. The van der Waals surface area contributed by atoms with E-state index in [0.29, 0.717) is 10.9 Å². The first-order valence-electron chi connectivity index (χ1n) is 6.97. The van der Waals surface area contributed by atoms with Gasteiger partial charge >= 0.3 is 0 Å². The van der Waals surface area contributed by atoms with E-state index >= 15 is 0 Å². The Kier molecular flexibility index (Phi) is 4.48. The van der Waals surface area contributed by atoms with Crippen molar-refractivity contribution in [3.8, 4) is 5.75 Å². The van der Waals surface area contributed by atoms with E-state index in [4.69, 9.17) is 9.15 Å². The van der Waals surface area contributed by atoms with Gasteiger partial charge < -0.3 is 9.15 Å². The van der Waals surface area contributed by atoms with Crippen LogP contribution in [0, 0.1) is 6.92 Å². The van der Waals surface area contributed by atoms with Crippen LogP contribution >= 0.6 is 11.8 Å². The Balaban J connectivity index is 1.56. The van der Waals surface area contributed by atoms with Crippen molar-refractivity contribution in [2.24, 2.45) is 4.99 Å². The zero-order valence-electron chi connectivity index (χ0n) is 12.2. The highest BCUT2D eigenvalue weighted by Gasteiger charge is 2.15. The highest BCUT2D eigenvalue weighted by atomic mass is 32.2. The van der Waals surface area contributed by atoms with Gasteiger partial charge in [-0.3, -0.25) is 15.1 Å². The van der Waals surface area contributed by atoms with Gasteiger partial charge in [-0.25, -0.2) is 0 Å². The predicted octanol–water partition coefficient (Wildman–Crippen LogP) is 3.00. The summed E-state index contributed by atoms with van der Waals surface area (Å²) in [5, 5.41) is 3.38. The van der Waals surface area contributed by atoms with Crippen LogP contribution in [-0.2, 0) is 6.61 Å². The molecule has 0 atom stereocenters. The minimum atomic E-state index is -0.283. The number of nitrogens with zero attached hydrogens (tertiary/aromatic N) is 1. The van der Waals surface area contributed by atoms with Crippen LogP contribution in [0.1, 0.15) is 21.9 Å². The highest BCUT2D eigenvalue weighted by Crippen LogP contribution is 2.16. The molecule has 0 unspecified atom stereocenters. The van der Waals surface area contributed by atoms with Crippen molar-refractivity contribution >= 4 is 22.8 Å². The molecule has 2 aromatic rings. The maximum atomic E-state index is 12.0. The van der Waals surface area contributed by atoms with Crippen molar-refractivity contribution in [3.63, 3.8) is 0 Å². The number of hydrogen-bond acceptors (Lipinski definition) is 5. The topological polar surface area (TPSA) is 63.8 Å². The summed E-state index contributed by atoms with van der Waals surface area (Å²) in [4.78, 5) is 16.2. The molecule has 6 heteroatoms. The van der Waals surface area contributed by atoms with Gasteiger partial charge in [-0.15, -0.1) is 0 Å². The van der Waals surface area contributed by atoms with Gasteiger partial charge in [0.25, 0.3) is 5.91 Å². The lowest BCUT2D eigenvalue weighted by Gasteiger charge is -2.04. The first kappa shape index (κ1) is 14.7. The molecule has 114 valence electrons. The maximum Gasteiger partial charge on any atom is 0.292 e. The number of furan rings is 1. The molecular weight excluding hydrogens is 300 g/mol. The molecule has 0 spiro atoms. The molecule has 5 nitrogen and oxygen atoms in total. The number of aliphatic imine (C=N–C) groups is 1. The Morgan fingerprint density at radius 1 is 1.32 bits per heavy atom. The molecule has 0 bridgehead atoms. The second-order valence-electron chi connectivity index (χ2n) is 4.86. The second-order valence-corrected chi connectivity index (χ2v) is 5.94. The van der Waals surface area contributed by atoms with E-state index in [0.717, 1.165) is 18.0 Å². The van der Waals surface area contributed by atoms with E-state index in [9.17, 15) is 4.79 Å². The number of aryl methyl sites for hydroxylation is 1. The molecule has 1 aliphatic rings. The Bertz CT molecular complexity index is 692. The van der Waals surface area contributed by atoms with E-state index < -0.39 is 0 Å². The van der Waals surface area contributed by atoms with Crippen LogP contribution in [0.4, 0.5) is 0 Å². The smallest absolute Gasteiger partial charge is 0.292 e. The van der Waals surface area contributed by atoms with Crippen LogP contribution in [0.3, 0.4) is 0 Å². The monoisotopic (exact) mass is 316 g/mol. The lowest BCUT2D eigenvalue weighted by molar-refractivity contribution is 0.0947. The van der Waals surface area contributed by atoms with Gasteiger partial charge in [0.1, 0.15) is 18.1 Å². The fraction of sp³-hybridized carbons (Fsp3) is 0.250. The molecule has 1 aliphatic heterocycles. The zero-order valence-corrected chi connectivity index (χ0v) is 13.0. The summed E-state index contributed by atoms with van der Waals surface area (Å²) < 4.78 is 11.1. The van der Waals surface area contributed by atoms with Crippen molar-refractivity contribution in [1.29, 1.82) is 0 Å². The third kappa shape index (κ3) is 3.71. The number of rotatable bonds is 4. The van der Waals surface area contributed by atoms with E-state index in [1.165, 1.54) is 17.3 Å². The van der Waals surface area contributed by atoms with Gasteiger partial charge in [0.05, 0.1) is 6.54 Å². The largest absolute Gasteiger partial charge is 0.486 e. The molecule has 0 saturated carbocycles. The second kappa shape index (κ2) is 6.70. The lowest BCUT2D eigenvalue weighted by Crippen LogP contribution is -2.26. The third-order valence-electron chi connectivity index (χ3n) is 3.09. The van der Waals surface area contributed by atoms with Crippen molar-refractivity contribution < 1.29 is 13.9 Å². The Morgan fingerprint density at radius 2 is 2.14 bits per heavy atom. The standard InChI is InChI=1S/C16H16N2O3S/c1-11-2-4-12(5-3-11)20-10-13-6-7-14(21-13)15(19)18-16-17-8-9-22-16/h2-7H,8-10H2,1H3,(H,17,18,19). The molecule has 1 N–H and O–H groups in total. The van der Waals surface area contributed by atoms with Gasteiger partial charge in [0.2, 0.25) is 0 Å². The van der Waals surface area contributed by atoms with Crippen LogP contribution in [-0.4, -0.2) is 23.4 Å². The molecule has 0 saturated heterocycles. The van der Waals surface area contributed by atoms with E-state index in [-0.39, 0.29) is 18.3 Å². The third-order valence-corrected chi connectivity index (χ3v) is 3.98. The molecule has 22 heavy (non-hydrogen) atoms. The quantitative estimate of drug-likeness (QED) is 0.942. The fourth-order valence-corrected chi connectivity index (χ4v) is 2.66. The van der Waals surface area contributed by atoms with Crippen LogP contribution < -0.4 is 10.1 Å². The number of nitrogens with one attached hydrogen (secondary N) is 1. The molecule has 0 radical (unpaired) electrons. The van der Waals surface area contributed by atoms with Gasteiger partial charge in [-0.1, -0.05) is 29.5 Å². The first-order chi connectivity index (χ1) is 10.7. The first-order valence-corrected chi connectivity index (χ1v) is 7.96. The molecule has 3 rings (SSSR count). The minimum Gasteiger partial charge on any atom is -0.486 e. The zero-order chi connectivity index (χ0) is 15.4. The van der Waals surface area contributed by atoms with Crippen molar-refractivity contribution in [3.05, 3.63) is 53.5 Å². The maximum absolute atomic E-state index is 12.0. The van der Waals surface area contributed by atoms with E-state index in [2.05, 4.69) is 10.3 Å². The van der Waals surface area contributed by atoms with E-state index in [1.54, 1.807) is 12.1 Å². The molecule has 1 aromatic heterocycles. The van der Waals surface area contributed by atoms with E-state index in [1.807, 2.05) is 31.2 Å². The Morgan fingerprint density at radius 3 is 2.86 bits per heavy atom. The summed E-state index contributed by atoms with van der Waals surface area (Å²) in [6.07, 6.45) is 0. The molecule has 0 fully saturated rings.